The lowest BCUT2D eigenvalue weighted by atomic mass is 9.82. The van der Waals surface area contributed by atoms with Crippen LogP contribution in [0.3, 0.4) is 0 Å². The van der Waals surface area contributed by atoms with E-state index in [2.05, 4.69) is 30.5 Å². The molecule has 1 saturated heterocycles. The van der Waals surface area contributed by atoms with E-state index in [0.717, 1.165) is 32.1 Å². The molecule has 1 saturated carbocycles. The maximum Gasteiger partial charge on any atom is 0.224 e. The van der Waals surface area contributed by atoms with Gasteiger partial charge in [-0.25, -0.2) is 0 Å². The number of halogens is 1. The quantitative estimate of drug-likeness (QED) is 0.301. The lowest BCUT2D eigenvalue weighted by Gasteiger charge is -2.44. The predicted molar refractivity (Wildman–Crippen MR) is 125 cm³/mol. The molecule has 30 heavy (non-hydrogen) atoms. The Hall–Kier alpha value is -1.10. The molecule has 5 heteroatoms. The summed E-state index contributed by atoms with van der Waals surface area (Å²) >= 11 is 6.01. The number of allylic oxidation sites excluding steroid dienone is 4. The fraction of sp³-hybridized carbons (Fsp3) is 0.720. The third kappa shape index (κ3) is 8.56. The van der Waals surface area contributed by atoms with Crippen LogP contribution < -0.4 is 5.32 Å². The van der Waals surface area contributed by atoms with Crippen LogP contribution in [0.5, 0.6) is 0 Å². The molecular formula is C25H40ClNO3. The molecule has 4 nitrogen and oxygen atoms in total. The van der Waals surface area contributed by atoms with E-state index in [4.69, 9.17) is 16.3 Å². The summed E-state index contributed by atoms with van der Waals surface area (Å²) in [6.07, 6.45) is 17.2. The standard InChI is InChI=1S/C25H40ClNO3/c1-5-6-7-23(28)27-21-13-11-20(12-14-21)10-8-19(2)9-15-22-16-25(29,18-26)17-24(3,4)30-22/h5-6,8-9,15,20-22,29H,7,10-14,16-18H2,1-4H3,(H,27,28)/b6-5+,15-9?,19-8?/t20?,21?,22-,25-/m1/s1. The number of hydrogen-bond acceptors (Lipinski definition) is 3. The summed E-state index contributed by atoms with van der Waals surface area (Å²) in [5, 5.41) is 13.8. The van der Waals surface area contributed by atoms with Crippen molar-refractivity contribution in [2.45, 2.75) is 102 Å². The molecule has 2 aliphatic rings. The van der Waals surface area contributed by atoms with Crippen LogP contribution in [0.4, 0.5) is 0 Å². The highest BCUT2D eigenvalue weighted by atomic mass is 35.5. The summed E-state index contributed by atoms with van der Waals surface area (Å²) in [6.45, 7) is 8.07. The molecule has 2 N–H and O–H groups in total. The SMILES string of the molecule is C/C=C/CC(=O)NC1CCC(CC=C(C)C=C[C@@H]2C[C@](O)(CCl)CC(C)(C)O2)CC1. The molecule has 0 aromatic carbocycles. The minimum absolute atomic E-state index is 0.123. The normalized spacial score (nSPS) is 32.6. The molecule has 2 rings (SSSR count). The van der Waals surface area contributed by atoms with E-state index in [-0.39, 0.29) is 23.5 Å². The van der Waals surface area contributed by atoms with Crippen molar-refractivity contribution in [3.8, 4) is 0 Å². The Balaban J connectivity index is 1.77. The van der Waals surface area contributed by atoms with E-state index >= 15 is 0 Å². The number of amides is 1. The van der Waals surface area contributed by atoms with E-state index in [9.17, 15) is 9.90 Å². The molecule has 0 unspecified atom stereocenters. The second kappa shape index (κ2) is 11.5. The lowest BCUT2D eigenvalue weighted by molar-refractivity contribution is -0.160. The number of carbonyl (C=O) groups excluding carboxylic acids is 1. The first-order valence-electron chi connectivity index (χ1n) is 11.4. The highest BCUT2D eigenvalue weighted by Gasteiger charge is 2.42. The van der Waals surface area contributed by atoms with Gasteiger partial charge in [0, 0.05) is 25.3 Å². The Morgan fingerprint density at radius 1 is 1.27 bits per heavy atom. The van der Waals surface area contributed by atoms with Crippen LogP contribution in [0, 0.1) is 5.92 Å². The summed E-state index contributed by atoms with van der Waals surface area (Å²) in [5.74, 6) is 1.05. The molecule has 0 radical (unpaired) electrons. The van der Waals surface area contributed by atoms with E-state index in [1.807, 2.05) is 32.9 Å². The third-order valence-electron chi connectivity index (χ3n) is 6.15. The van der Waals surface area contributed by atoms with Crippen molar-refractivity contribution in [2.75, 3.05) is 5.88 Å². The van der Waals surface area contributed by atoms with Crippen molar-refractivity contribution in [3.05, 3.63) is 36.0 Å². The smallest absolute Gasteiger partial charge is 0.224 e. The summed E-state index contributed by atoms with van der Waals surface area (Å²) in [6, 6.07) is 0.330. The second-order valence-corrected chi connectivity index (χ2v) is 10.0. The lowest BCUT2D eigenvalue weighted by Crippen LogP contribution is -2.50. The van der Waals surface area contributed by atoms with Gasteiger partial charge in [-0.1, -0.05) is 36.0 Å². The highest BCUT2D eigenvalue weighted by molar-refractivity contribution is 6.18. The van der Waals surface area contributed by atoms with E-state index in [1.165, 1.54) is 5.57 Å². The number of rotatable bonds is 8. The molecule has 0 bridgehead atoms. The van der Waals surface area contributed by atoms with Gasteiger partial charge in [0.05, 0.1) is 23.2 Å². The van der Waals surface area contributed by atoms with Crippen molar-refractivity contribution >= 4 is 17.5 Å². The monoisotopic (exact) mass is 437 g/mol. The maximum atomic E-state index is 11.9. The van der Waals surface area contributed by atoms with Crippen LogP contribution in [0.25, 0.3) is 0 Å². The zero-order valence-corrected chi connectivity index (χ0v) is 19.9. The van der Waals surface area contributed by atoms with Crippen LogP contribution >= 0.6 is 11.6 Å². The summed E-state index contributed by atoms with van der Waals surface area (Å²) < 4.78 is 6.11. The van der Waals surface area contributed by atoms with Crippen LogP contribution in [0.15, 0.2) is 36.0 Å². The van der Waals surface area contributed by atoms with Crippen molar-refractivity contribution in [3.63, 3.8) is 0 Å². The zero-order chi connectivity index (χ0) is 22.2. The van der Waals surface area contributed by atoms with Crippen LogP contribution in [-0.4, -0.2) is 40.2 Å². The minimum Gasteiger partial charge on any atom is -0.388 e. The molecular weight excluding hydrogens is 398 g/mol. The van der Waals surface area contributed by atoms with E-state index in [1.54, 1.807) is 0 Å². The van der Waals surface area contributed by atoms with Crippen molar-refractivity contribution < 1.29 is 14.6 Å². The molecule has 0 aromatic rings. The fourth-order valence-corrected chi connectivity index (χ4v) is 4.88. The molecule has 2 atom stereocenters. The Morgan fingerprint density at radius 2 is 1.97 bits per heavy atom. The average Bonchev–Trinajstić information content (AvgIpc) is 2.69. The zero-order valence-electron chi connectivity index (χ0n) is 19.1. The molecule has 2 fully saturated rings. The summed E-state index contributed by atoms with van der Waals surface area (Å²) in [5.41, 5.74) is -0.0233. The number of alkyl halides is 1. The van der Waals surface area contributed by atoms with Crippen LogP contribution in [-0.2, 0) is 9.53 Å². The van der Waals surface area contributed by atoms with Crippen molar-refractivity contribution in [1.29, 1.82) is 0 Å². The molecule has 0 spiro atoms. The number of hydrogen-bond donors (Lipinski definition) is 2. The molecule has 1 aliphatic carbocycles. The Kier molecular flexibility index (Phi) is 9.65. The van der Waals surface area contributed by atoms with E-state index < -0.39 is 5.60 Å². The maximum absolute atomic E-state index is 11.9. The van der Waals surface area contributed by atoms with Gasteiger partial charge in [-0.3, -0.25) is 4.79 Å². The first-order chi connectivity index (χ1) is 14.1. The number of nitrogens with one attached hydrogen (secondary N) is 1. The number of aliphatic hydroxyl groups is 1. The third-order valence-corrected chi connectivity index (χ3v) is 6.65. The minimum atomic E-state index is -0.864. The highest BCUT2D eigenvalue weighted by Crippen LogP contribution is 2.36. The van der Waals surface area contributed by atoms with Gasteiger partial charge in [0.1, 0.15) is 0 Å². The summed E-state index contributed by atoms with van der Waals surface area (Å²) in [7, 11) is 0. The van der Waals surface area contributed by atoms with Gasteiger partial charge in [0.25, 0.3) is 0 Å². The van der Waals surface area contributed by atoms with Gasteiger partial charge in [-0.05, 0) is 65.7 Å². The van der Waals surface area contributed by atoms with Gasteiger partial charge in [-0.15, -0.1) is 11.6 Å². The number of ether oxygens (including phenoxy) is 1. The Morgan fingerprint density at radius 3 is 2.60 bits per heavy atom. The molecule has 170 valence electrons. The topological polar surface area (TPSA) is 58.6 Å². The van der Waals surface area contributed by atoms with Gasteiger partial charge in [0.15, 0.2) is 0 Å². The van der Waals surface area contributed by atoms with Gasteiger partial charge in [-0.2, -0.15) is 0 Å². The van der Waals surface area contributed by atoms with Gasteiger partial charge < -0.3 is 15.2 Å². The van der Waals surface area contributed by atoms with E-state index in [0.29, 0.717) is 31.2 Å². The first-order valence-corrected chi connectivity index (χ1v) is 11.9. The predicted octanol–water partition coefficient (Wildman–Crippen LogP) is 5.45. The Bertz CT molecular complexity index is 647. The average molecular weight is 438 g/mol. The van der Waals surface area contributed by atoms with Gasteiger partial charge >= 0.3 is 0 Å². The Labute approximate surface area is 187 Å². The fourth-order valence-electron chi connectivity index (χ4n) is 4.68. The number of carbonyl (C=O) groups is 1. The van der Waals surface area contributed by atoms with Crippen LogP contribution in [0.2, 0.25) is 0 Å². The molecule has 0 aromatic heterocycles. The molecule has 1 amide bonds. The molecule has 1 aliphatic heterocycles. The second-order valence-electron chi connectivity index (χ2n) is 9.76. The molecule has 1 heterocycles. The van der Waals surface area contributed by atoms with Gasteiger partial charge in [0.2, 0.25) is 5.91 Å². The summed E-state index contributed by atoms with van der Waals surface area (Å²) in [4.78, 5) is 11.9. The van der Waals surface area contributed by atoms with Crippen molar-refractivity contribution in [2.24, 2.45) is 5.92 Å². The van der Waals surface area contributed by atoms with Crippen LogP contribution in [0.1, 0.15) is 79.1 Å². The largest absolute Gasteiger partial charge is 0.388 e. The van der Waals surface area contributed by atoms with Crippen molar-refractivity contribution in [1.82, 2.24) is 5.32 Å². The first kappa shape index (κ1) is 25.2.